The second kappa shape index (κ2) is 8.95. The first-order valence-corrected chi connectivity index (χ1v) is 8.35. The summed E-state index contributed by atoms with van der Waals surface area (Å²) < 4.78 is 20.4. The van der Waals surface area contributed by atoms with E-state index in [1.54, 1.807) is 18.5 Å². The van der Waals surface area contributed by atoms with Crippen LogP contribution in [0.3, 0.4) is 0 Å². The maximum Gasteiger partial charge on any atom is 0.129 e. The van der Waals surface area contributed by atoms with Gasteiger partial charge in [0.05, 0.1) is 12.7 Å². The summed E-state index contributed by atoms with van der Waals surface area (Å²) in [6, 6.07) is 10.2. The van der Waals surface area contributed by atoms with Gasteiger partial charge < -0.3 is 10.1 Å². The highest BCUT2D eigenvalue weighted by Gasteiger charge is 2.34. The number of benzene rings is 1. The van der Waals surface area contributed by atoms with Gasteiger partial charge in [0.2, 0.25) is 0 Å². The lowest BCUT2D eigenvalue weighted by Crippen LogP contribution is -2.41. The highest BCUT2D eigenvalue weighted by atomic mass is 35.5. The minimum Gasteiger partial charge on any atom is -0.373 e. The molecular formula is C19H23Cl2FN2O. The highest BCUT2D eigenvalue weighted by Crippen LogP contribution is 2.31. The fourth-order valence-corrected chi connectivity index (χ4v) is 3.85. The molecule has 136 valence electrons. The van der Waals surface area contributed by atoms with Crippen molar-refractivity contribution in [2.24, 2.45) is 0 Å². The number of hydrogen-bond donors (Lipinski definition) is 1. The van der Waals surface area contributed by atoms with E-state index in [1.165, 1.54) is 18.9 Å². The van der Waals surface area contributed by atoms with Crippen molar-refractivity contribution in [1.29, 1.82) is 0 Å². The van der Waals surface area contributed by atoms with E-state index in [9.17, 15) is 4.39 Å². The van der Waals surface area contributed by atoms with Crippen molar-refractivity contribution in [3.05, 3.63) is 54.1 Å². The minimum atomic E-state index is -0.198. The monoisotopic (exact) mass is 384 g/mol. The Hall–Kier alpha value is -1.20. The van der Waals surface area contributed by atoms with Crippen LogP contribution in [0.5, 0.6) is 0 Å². The summed E-state index contributed by atoms with van der Waals surface area (Å²) in [7, 11) is 0. The summed E-state index contributed by atoms with van der Waals surface area (Å²) in [5.74, 6) is -0.198. The zero-order valence-electron chi connectivity index (χ0n) is 13.9. The van der Waals surface area contributed by atoms with E-state index in [4.69, 9.17) is 4.74 Å². The average Bonchev–Trinajstić information content (AvgIpc) is 2.93. The van der Waals surface area contributed by atoms with Crippen molar-refractivity contribution in [2.45, 2.75) is 50.5 Å². The molecule has 2 aliphatic rings. The van der Waals surface area contributed by atoms with Crippen LogP contribution >= 0.6 is 24.8 Å². The number of aromatic nitrogens is 1. The van der Waals surface area contributed by atoms with Gasteiger partial charge in [0, 0.05) is 30.0 Å². The van der Waals surface area contributed by atoms with Gasteiger partial charge in [-0.25, -0.2) is 4.39 Å². The Morgan fingerprint density at radius 1 is 1.04 bits per heavy atom. The van der Waals surface area contributed by atoms with Crippen molar-refractivity contribution < 1.29 is 9.13 Å². The summed E-state index contributed by atoms with van der Waals surface area (Å²) in [5.41, 5.74) is 2.51. The average molecular weight is 385 g/mol. The van der Waals surface area contributed by atoms with Crippen molar-refractivity contribution in [3.63, 3.8) is 0 Å². The van der Waals surface area contributed by atoms with Gasteiger partial charge in [-0.3, -0.25) is 4.98 Å². The number of halogens is 3. The predicted octanol–water partition coefficient (Wildman–Crippen LogP) is 4.53. The van der Waals surface area contributed by atoms with Crippen LogP contribution in [0.2, 0.25) is 0 Å². The lowest BCUT2D eigenvalue weighted by Gasteiger charge is -2.29. The fraction of sp³-hybridized carbons (Fsp3) is 0.421. The molecule has 1 aromatic carbocycles. The maximum absolute atomic E-state index is 14.3. The topological polar surface area (TPSA) is 34.1 Å². The normalized spacial score (nSPS) is 24.3. The number of nitrogens with one attached hydrogen (secondary N) is 1. The zero-order valence-corrected chi connectivity index (χ0v) is 15.5. The van der Waals surface area contributed by atoms with Crippen LogP contribution in [-0.4, -0.2) is 23.2 Å². The van der Waals surface area contributed by atoms with Crippen LogP contribution in [0.1, 0.15) is 31.2 Å². The number of hydrogen-bond acceptors (Lipinski definition) is 3. The Balaban J connectivity index is 0.00000113. The molecule has 0 saturated carbocycles. The first-order valence-electron chi connectivity index (χ1n) is 8.35. The molecule has 1 aromatic heterocycles. The molecule has 0 amide bonds. The molecule has 0 spiro atoms. The van der Waals surface area contributed by atoms with Gasteiger partial charge in [-0.15, -0.1) is 24.8 Å². The van der Waals surface area contributed by atoms with Gasteiger partial charge >= 0.3 is 0 Å². The van der Waals surface area contributed by atoms with Crippen LogP contribution in [0.4, 0.5) is 4.39 Å². The van der Waals surface area contributed by atoms with Crippen molar-refractivity contribution in [2.75, 3.05) is 0 Å². The van der Waals surface area contributed by atoms with E-state index < -0.39 is 0 Å². The molecule has 2 fully saturated rings. The molecule has 3 heterocycles. The Kier molecular flexibility index (Phi) is 7.20. The van der Waals surface area contributed by atoms with Crippen LogP contribution in [0, 0.1) is 5.82 Å². The number of piperidine rings is 1. The first kappa shape index (κ1) is 20.1. The molecule has 1 unspecified atom stereocenters. The van der Waals surface area contributed by atoms with Gasteiger partial charge in [0.25, 0.3) is 0 Å². The van der Waals surface area contributed by atoms with Crippen LogP contribution in [-0.2, 0) is 11.3 Å². The largest absolute Gasteiger partial charge is 0.373 e. The summed E-state index contributed by atoms with van der Waals surface area (Å²) in [4.78, 5) is 4.03. The van der Waals surface area contributed by atoms with Crippen LogP contribution in [0.15, 0.2) is 42.7 Å². The van der Waals surface area contributed by atoms with E-state index >= 15 is 0 Å². The van der Waals surface area contributed by atoms with Gasteiger partial charge in [-0.2, -0.15) is 0 Å². The maximum atomic E-state index is 14.3. The molecular weight excluding hydrogens is 362 g/mol. The predicted molar refractivity (Wildman–Crippen MR) is 102 cm³/mol. The molecule has 0 radical (unpaired) electrons. The van der Waals surface area contributed by atoms with E-state index in [0.29, 0.717) is 24.3 Å². The summed E-state index contributed by atoms with van der Waals surface area (Å²) >= 11 is 0. The van der Waals surface area contributed by atoms with E-state index in [2.05, 4.69) is 10.3 Å². The minimum absolute atomic E-state index is 0. The summed E-state index contributed by atoms with van der Waals surface area (Å²) in [5, 5.41) is 3.61. The molecule has 4 rings (SSSR count). The van der Waals surface area contributed by atoms with Crippen LogP contribution in [0.25, 0.3) is 11.1 Å². The first-order chi connectivity index (χ1) is 11.3. The van der Waals surface area contributed by atoms with Gasteiger partial charge in [0.1, 0.15) is 5.82 Å². The van der Waals surface area contributed by atoms with Crippen molar-refractivity contribution >= 4 is 24.8 Å². The van der Waals surface area contributed by atoms with Gasteiger partial charge in [-0.05, 0) is 55.0 Å². The third kappa shape index (κ3) is 4.50. The third-order valence-electron chi connectivity index (χ3n) is 5.00. The van der Waals surface area contributed by atoms with Gasteiger partial charge in [-0.1, -0.05) is 12.1 Å². The highest BCUT2D eigenvalue weighted by molar-refractivity contribution is 5.85. The van der Waals surface area contributed by atoms with Crippen molar-refractivity contribution in [3.8, 4) is 11.1 Å². The Labute approximate surface area is 160 Å². The quantitative estimate of drug-likeness (QED) is 0.840. The second-order valence-corrected chi connectivity index (χ2v) is 6.54. The molecule has 2 saturated heterocycles. The lowest BCUT2D eigenvalue weighted by atomic mass is 10.00. The third-order valence-corrected chi connectivity index (χ3v) is 5.00. The number of pyridine rings is 1. The smallest absolute Gasteiger partial charge is 0.129 e. The SMILES string of the molecule is Cl.Cl.Fc1cccc(-c2ccncc2)c1COC1C[C@H]2CC[C@@H](C1)N2. The molecule has 2 aliphatic heterocycles. The van der Waals surface area contributed by atoms with Crippen LogP contribution < -0.4 is 5.32 Å². The standard InChI is InChI=1S/C19H21FN2O.2ClH/c20-19-3-1-2-17(13-6-8-21-9-7-13)18(19)12-23-16-10-14-4-5-15(11-16)22-14;;/h1-3,6-9,14-16,22H,4-5,10-12H2;2*1H/t14-,15+,16?;;. The van der Waals surface area contributed by atoms with E-state index in [-0.39, 0.29) is 36.7 Å². The molecule has 3 atom stereocenters. The molecule has 2 aromatic rings. The Morgan fingerprint density at radius 3 is 2.40 bits per heavy atom. The summed E-state index contributed by atoms with van der Waals surface area (Å²) in [6.45, 7) is 0.328. The van der Waals surface area contributed by atoms with Gasteiger partial charge in [0.15, 0.2) is 0 Å². The molecule has 3 nitrogen and oxygen atoms in total. The summed E-state index contributed by atoms with van der Waals surface area (Å²) in [6.07, 6.45) is 8.26. The second-order valence-electron chi connectivity index (χ2n) is 6.54. The number of fused-ring (bicyclic) bond motifs is 2. The molecule has 25 heavy (non-hydrogen) atoms. The lowest BCUT2D eigenvalue weighted by molar-refractivity contribution is 0.00821. The molecule has 0 aliphatic carbocycles. The van der Waals surface area contributed by atoms with E-state index in [0.717, 1.165) is 24.0 Å². The molecule has 6 heteroatoms. The Bertz CT molecular complexity index is 674. The van der Waals surface area contributed by atoms with Crippen molar-refractivity contribution in [1.82, 2.24) is 10.3 Å². The number of ether oxygens (including phenoxy) is 1. The van der Waals surface area contributed by atoms with E-state index in [1.807, 2.05) is 18.2 Å². The zero-order chi connectivity index (χ0) is 15.6. The number of nitrogens with zero attached hydrogens (tertiary/aromatic N) is 1. The number of rotatable bonds is 4. The Morgan fingerprint density at radius 2 is 1.72 bits per heavy atom. The molecule has 1 N–H and O–H groups in total. The fourth-order valence-electron chi connectivity index (χ4n) is 3.85. The molecule has 2 bridgehead atoms.